The Balaban J connectivity index is 2.44. The van der Waals surface area contributed by atoms with Crippen molar-refractivity contribution in [3.63, 3.8) is 0 Å². The van der Waals surface area contributed by atoms with Gasteiger partial charge in [0.2, 0.25) is 0 Å². The van der Waals surface area contributed by atoms with Crippen molar-refractivity contribution in [2.75, 3.05) is 24.6 Å². The van der Waals surface area contributed by atoms with Crippen LogP contribution in [0.1, 0.15) is 32.3 Å². The lowest BCUT2D eigenvalue weighted by Crippen LogP contribution is -2.25. The van der Waals surface area contributed by atoms with Crippen LogP contribution in [0.15, 0.2) is 24.3 Å². The summed E-state index contributed by atoms with van der Waals surface area (Å²) >= 11 is 2.00. The highest BCUT2D eigenvalue weighted by Gasteiger charge is 2.09. The minimum atomic E-state index is -0.147. The second-order valence-corrected chi connectivity index (χ2v) is 6.28. The highest BCUT2D eigenvalue weighted by atomic mass is 32.2. The third-order valence-electron chi connectivity index (χ3n) is 3.17. The van der Waals surface area contributed by atoms with Gasteiger partial charge in [0.1, 0.15) is 5.82 Å². The standard InChI is InChI=1S/C16H26FNS/c1-3-10-18-13-15(9-11-19-4-2)12-14-5-7-16(17)8-6-14/h5-8,15,18H,3-4,9-13H2,1-2H3. The number of hydrogen-bond donors (Lipinski definition) is 1. The molecule has 1 aromatic rings. The molecule has 0 saturated carbocycles. The fourth-order valence-electron chi connectivity index (χ4n) is 2.11. The van der Waals surface area contributed by atoms with Gasteiger partial charge < -0.3 is 5.32 Å². The topological polar surface area (TPSA) is 12.0 Å². The van der Waals surface area contributed by atoms with Crippen LogP contribution in [0, 0.1) is 11.7 Å². The molecule has 0 aliphatic heterocycles. The van der Waals surface area contributed by atoms with Gasteiger partial charge in [-0.05, 0) is 67.5 Å². The summed E-state index contributed by atoms with van der Waals surface area (Å²) < 4.78 is 12.9. The molecule has 1 unspecified atom stereocenters. The van der Waals surface area contributed by atoms with Crippen LogP contribution in [0.3, 0.4) is 0 Å². The fraction of sp³-hybridized carbons (Fsp3) is 0.625. The summed E-state index contributed by atoms with van der Waals surface area (Å²) in [6.07, 6.45) is 3.45. The van der Waals surface area contributed by atoms with Gasteiger partial charge in [0.05, 0.1) is 0 Å². The Kier molecular flexibility index (Phi) is 8.93. The molecule has 0 aliphatic carbocycles. The van der Waals surface area contributed by atoms with Crippen LogP contribution in [0.2, 0.25) is 0 Å². The average Bonchev–Trinajstić information content (AvgIpc) is 2.41. The van der Waals surface area contributed by atoms with Gasteiger partial charge in [-0.25, -0.2) is 4.39 Å². The van der Waals surface area contributed by atoms with E-state index in [9.17, 15) is 4.39 Å². The second kappa shape index (κ2) is 10.3. The van der Waals surface area contributed by atoms with E-state index in [4.69, 9.17) is 0 Å². The van der Waals surface area contributed by atoms with Gasteiger partial charge in [0.25, 0.3) is 0 Å². The van der Waals surface area contributed by atoms with Crippen molar-refractivity contribution in [2.24, 2.45) is 5.92 Å². The van der Waals surface area contributed by atoms with E-state index in [2.05, 4.69) is 19.2 Å². The van der Waals surface area contributed by atoms with Crippen LogP contribution in [0.4, 0.5) is 4.39 Å². The Morgan fingerprint density at radius 3 is 2.58 bits per heavy atom. The van der Waals surface area contributed by atoms with Gasteiger partial charge in [-0.15, -0.1) is 0 Å². The van der Waals surface area contributed by atoms with E-state index in [0.29, 0.717) is 5.92 Å². The minimum Gasteiger partial charge on any atom is -0.316 e. The third-order valence-corrected chi connectivity index (χ3v) is 4.10. The zero-order valence-electron chi connectivity index (χ0n) is 12.1. The maximum atomic E-state index is 12.9. The predicted molar refractivity (Wildman–Crippen MR) is 84.4 cm³/mol. The van der Waals surface area contributed by atoms with Crippen molar-refractivity contribution in [1.29, 1.82) is 0 Å². The number of benzene rings is 1. The highest BCUT2D eigenvalue weighted by Crippen LogP contribution is 2.15. The number of halogens is 1. The fourth-order valence-corrected chi connectivity index (χ4v) is 2.90. The summed E-state index contributed by atoms with van der Waals surface area (Å²) in [6, 6.07) is 6.95. The Morgan fingerprint density at radius 2 is 1.95 bits per heavy atom. The quantitative estimate of drug-likeness (QED) is 0.648. The summed E-state index contributed by atoms with van der Waals surface area (Å²) in [6.45, 7) is 6.54. The molecule has 0 aromatic heterocycles. The van der Waals surface area contributed by atoms with Crippen molar-refractivity contribution in [2.45, 2.75) is 33.1 Å². The van der Waals surface area contributed by atoms with Gasteiger partial charge in [0, 0.05) is 0 Å². The van der Waals surface area contributed by atoms with Crippen molar-refractivity contribution in [1.82, 2.24) is 5.32 Å². The second-order valence-electron chi connectivity index (χ2n) is 4.89. The Labute approximate surface area is 121 Å². The zero-order chi connectivity index (χ0) is 13.9. The van der Waals surface area contributed by atoms with Crippen LogP contribution in [0.5, 0.6) is 0 Å². The Bertz CT molecular complexity index is 316. The summed E-state index contributed by atoms with van der Waals surface area (Å²) in [7, 11) is 0. The molecule has 108 valence electrons. The molecule has 0 spiro atoms. The van der Waals surface area contributed by atoms with Crippen molar-refractivity contribution in [3.05, 3.63) is 35.6 Å². The smallest absolute Gasteiger partial charge is 0.123 e. The molecule has 0 saturated heterocycles. The number of rotatable bonds is 10. The van der Waals surface area contributed by atoms with Crippen LogP contribution in [-0.2, 0) is 6.42 Å². The molecular formula is C16H26FNS. The molecule has 0 fully saturated rings. The van der Waals surface area contributed by atoms with Crippen LogP contribution >= 0.6 is 11.8 Å². The first-order valence-electron chi connectivity index (χ1n) is 7.29. The summed E-state index contributed by atoms with van der Waals surface area (Å²) in [4.78, 5) is 0. The molecule has 1 aromatic carbocycles. The Hall–Kier alpha value is -0.540. The van der Waals surface area contributed by atoms with Crippen molar-refractivity contribution < 1.29 is 4.39 Å². The SMILES string of the molecule is CCCNCC(CCSCC)Cc1ccc(F)cc1. The largest absolute Gasteiger partial charge is 0.316 e. The zero-order valence-corrected chi connectivity index (χ0v) is 12.9. The molecule has 0 heterocycles. The van der Waals surface area contributed by atoms with Gasteiger partial charge in [-0.3, -0.25) is 0 Å². The highest BCUT2D eigenvalue weighted by molar-refractivity contribution is 7.99. The monoisotopic (exact) mass is 283 g/mol. The normalized spacial score (nSPS) is 12.6. The molecule has 0 amide bonds. The predicted octanol–water partition coefficient (Wildman–Crippen LogP) is 4.13. The molecule has 1 atom stereocenters. The molecule has 0 radical (unpaired) electrons. The maximum absolute atomic E-state index is 12.9. The van der Waals surface area contributed by atoms with Gasteiger partial charge in [-0.2, -0.15) is 11.8 Å². The summed E-state index contributed by atoms with van der Waals surface area (Å²) in [5, 5.41) is 3.51. The molecular weight excluding hydrogens is 257 g/mol. The van der Waals surface area contributed by atoms with Crippen molar-refractivity contribution in [3.8, 4) is 0 Å². The molecule has 19 heavy (non-hydrogen) atoms. The van der Waals surface area contributed by atoms with Crippen LogP contribution in [-0.4, -0.2) is 24.6 Å². The van der Waals surface area contributed by atoms with E-state index in [0.717, 1.165) is 19.5 Å². The molecule has 1 nitrogen and oxygen atoms in total. The average molecular weight is 283 g/mol. The summed E-state index contributed by atoms with van der Waals surface area (Å²) in [5.74, 6) is 2.91. The van der Waals surface area contributed by atoms with Gasteiger partial charge in [-0.1, -0.05) is 26.0 Å². The first-order valence-corrected chi connectivity index (χ1v) is 8.44. The van der Waals surface area contributed by atoms with E-state index in [1.807, 2.05) is 23.9 Å². The van der Waals surface area contributed by atoms with E-state index < -0.39 is 0 Å². The lowest BCUT2D eigenvalue weighted by atomic mass is 9.97. The lowest BCUT2D eigenvalue weighted by molar-refractivity contribution is 0.463. The van der Waals surface area contributed by atoms with E-state index in [-0.39, 0.29) is 5.82 Å². The first kappa shape index (κ1) is 16.5. The first-order chi connectivity index (χ1) is 9.26. The van der Waals surface area contributed by atoms with Crippen LogP contribution < -0.4 is 5.32 Å². The Morgan fingerprint density at radius 1 is 1.21 bits per heavy atom. The summed E-state index contributed by atoms with van der Waals surface area (Å²) in [5.41, 5.74) is 1.24. The number of nitrogens with one attached hydrogen (secondary N) is 1. The maximum Gasteiger partial charge on any atom is 0.123 e. The van der Waals surface area contributed by atoms with Crippen molar-refractivity contribution >= 4 is 11.8 Å². The number of hydrogen-bond acceptors (Lipinski definition) is 2. The number of thioether (sulfide) groups is 1. The lowest BCUT2D eigenvalue weighted by Gasteiger charge is -2.17. The van der Waals surface area contributed by atoms with Crippen LogP contribution in [0.25, 0.3) is 0 Å². The van der Waals surface area contributed by atoms with Gasteiger partial charge >= 0.3 is 0 Å². The molecule has 0 aliphatic rings. The van der Waals surface area contributed by atoms with E-state index >= 15 is 0 Å². The molecule has 0 bridgehead atoms. The van der Waals surface area contributed by atoms with E-state index in [1.54, 1.807) is 12.1 Å². The van der Waals surface area contributed by atoms with Gasteiger partial charge in [0.15, 0.2) is 0 Å². The third kappa shape index (κ3) is 7.58. The molecule has 3 heteroatoms. The molecule has 1 N–H and O–H groups in total. The van der Waals surface area contributed by atoms with E-state index in [1.165, 1.54) is 29.9 Å². The molecule has 1 rings (SSSR count). The minimum absolute atomic E-state index is 0.147.